The lowest BCUT2D eigenvalue weighted by Crippen LogP contribution is -2.42. The molecule has 0 aromatic rings. The van der Waals surface area contributed by atoms with Gasteiger partial charge in [-0.05, 0) is 33.2 Å². The van der Waals surface area contributed by atoms with Gasteiger partial charge in [0.2, 0.25) is 5.91 Å². The molecule has 96 valence electrons. The monoisotopic (exact) mass is 230 g/mol. The van der Waals surface area contributed by atoms with Crippen LogP contribution in [0.3, 0.4) is 0 Å². The van der Waals surface area contributed by atoms with Crippen LogP contribution in [0.1, 0.15) is 41.5 Å². The van der Waals surface area contributed by atoms with Crippen molar-refractivity contribution in [2.45, 2.75) is 47.1 Å². The summed E-state index contributed by atoms with van der Waals surface area (Å²) in [6.07, 6.45) is 0. The molecular weight excluding hydrogens is 204 g/mol. The second kappa shape index (κ2) is 6.86. The fourth-order valence-corrected chi connectivity index (χ4v) is 1.21. The summed E-state index contributed by atoms with van der Waals surface area (Å²) < 4.78 is 0. The predicted octanol–water partition coefficient (Wildman–Crippen LogP) is 1.71. The molecule has 0 saturated heterocycles. The Bertz CT molecular complexity index is 210. The summed E-state index contributed by atoms with van der Waals surface area (Å²) in [5, 5.41) is 3.19. The number of carbonyl (C=O) groups excluding carboxylic acids is 1. The second-order valence-corrected chi connectivity index (χ2v) is 5.34. The zero-order valence-electron chi connectivity index (χ0n) is 11.4. The molecule has 0 aromatic carbocycles. The number of carbonyl (C=O) groups is 1. The van der Waals surface area contributed by atoms with Crippen LogP contribution in [0.15, 0.2) is 0 Å². The van der Waals surface area contributed by atoms with E-state index < -0.39 is 0 Å². The Hall–Kier alpha value is -0.610. The Labute approximate surface area is 99.1 Å². The summed E-state index contributed by atoms with van der Waals surface area (Å²) in [6, 6.07) is 0. The zero-order valence-corrected chi connectivity index (χ0v) is 11.4. The maximum Gasteiger partial charge on any atom is 0.248 e. The van der Waals surface area contributed by atoms with E-state index in [0.29, 0.717) is 12.5 Å². The van der Waals surface area contributed by atoms with E-state index >= 15 is 0 Å². The molecule has 2 N–H and O–H groups in total. The normalized spacial score (nSPS) is 13.9. The fourth-order valence-electron chi connectivity index (χ4n) is 1.21. The molecule has 0 bridgehead atoms. The molecule has 0 aromatic heterocycles. The van der Waals surface area contributed by atoms with Gasteiger partial charge in [-0.25, -0.2) is 5.48 Å². The smallest absolute Gasteiger partial charge is 0.248 e. The van der Waals surface area contributed by atoms with Gasteiger partial charge in [0.15, 0.2) is 0 Å². The Morgan fingerprint density at radius 2 is 1.88 bits per heavy atom. The van der Waals surface area contributed by atoms with Crippen molar-refractivity contribution in [2.75, 3.05) is 13.1 Å². The van der Waals surface area contributed by atoms with Crippen molar-refractivity contribution in [1.29, 1.82) is 0 Å². The highest BCUT2D eigenvalue weighted by Gasteiger charge is 2.23. The minimum Gasteiger partial charge on any atom is -0.316 e. The van der Waals surface area contributed by atoms with E-state index in [2.05, 4.69) is 10.8 Å². The van der Waals surface area contributed by atoms with Crippen molar-refractivity contribution in [1.82, 2.24) is 10.8 Å². The van der Waals surface area contributed by atoms with E-state index in [1.807, 2.05) is 41.5 Å². The van der Waals surface area contributed by atoms with Gasteiger partial charge in [0.05, 0.1) is 11.5 Å². The Morgan fingerprint density at radius 1 is 1.31 bits per heavy atom. The molecule has 16 heavy (non-hydrogen) atoms. The minimum atomic E-state index is -0.352. The molecule has 0 spiro atoms. The van der Waals surface area contributed by atoms with Crippen LogP contribution in [0, 0.1) is 11.8 Å². The first-order valence-corrected chi connectivity index (χ1v) is 5.96. The summed E-state index contributed by atoms with van der Waals surface area (Å²) in [7, 11) is 0. The van der Waals surface area contributed by atoms with Crippen LogP contribution in [-0.2, 0) is 9.63 Å². The van der Waals surface area contributed by atoms with Gasteiger partial charge in [-0.15, -0.1) is 0 Å². The van der Waals surface area contributed by atoms with E-state index in [0.717, 1.165) is 6.54 Å². The standard InChI is InChI=1S/C12H26N2O2/c1-7-13-8-10(9(2)3)11(15)14-16-12(4,5)6/h9-10,13H,7-8H2,1-6H3,(H,14,15). The first-order chi connectivity index (χ1) is 7.28. The number of rotatable bonds is 6. The Balaban J connectivity index is 4.17. The summed E-state index contributed by atoms with van der Waals surface area (Å²) in [6.45, 7) is 13.4. The molecule has 0 aliphatic rings. The van der Waals surface area contributed by atoms with Gasteiger partial charge < -0.3 is 5.32 Å². The Kier molecular flexibility index (Phi) is 6.60. The third kappa shape index (κ3) is 6.80. The number of hydrogen-bond acceptors (Lipinski definition) is 3. The molecule has 0 radical (unpaired) electrons. The molecule has 4 heteroatoms. The first kappa shape index (κ1) is 15.4. The molecule has 0 aliphatic carbocycles. The second-order valence-electron chi connectivity index (χ2n) is 5.34. The third-order valence-corrected chi connectivity index (χ3v) is 2.21. The van der Waals surface area contributed by atoms with Crippen molar-refractivity contribution in [3.63, 3.8) is 0 Å². The molecule has 1 unspecified atom stereocenters. The highest BCUT2D eigenvalue weighted by Crippen LogP contribution is 2.11. The van der Waals surface area contributed by atoms with Crippen LogP contribution < -0.4 is 10.8 Å². The van der Waals surface area contributed by atoms with Gasteiger partial charge in [0.1, 0.15) is 0 Å². The van der Waals surface area contributed by atoms with Gasteiger partial charge >= 0.3 is 0 Å². The number of hydroxylamine groups is 1. The highest BCUT2D eigenvalue weighted by atomic mass is 16.7. The van der Waals surface area contributed by atoms with Crippen LogP contribution >= 0.6 is 0 Å². The summed E-state index contributed by atoms with van der Waals surface area (Å²) in [4.78, 5) is 17.1. The van der Waals surface area contributed by atoms with Crippen LogP contribution in [-0.4, -0.2) is 24.6 Å². The molecule has 0 rings (SSSR count). The van der Waals surface area contributed by atoms with Gasteiger partial charge in [-0.1, -0.05) is 20.8 Å². The van der Waals surface area contributed by atoms with Crippen molar-refractivity contribution in [3.8, 4) is 0 Å². The third-order valence-electron chi connectivity index (χ3n) is 2.21. The number of amides is 1. The van der Waals surface area contributed by atoms with Crippen molar-refractivity contribution in [2.24, 2.45) is 11.8 Å². The largest absolute Gasteiger partial charge is 0.316 e. The van der Waals surface area contributed by atoms with E-state index in [1.54, 1.807) is 0 Å². The van der Waals surface area contributed by atoms with E-state index in [9.17, 15) is 4.79 Å². The van der Waals surface area contributed by atoms with Crippen LogP contribution in [0.4, 0.5) is 0 Å². The van der Waals surface area contributed by atoms with Gasteiger partial charge in [-0.3, -0.25) is 9.63 Å². The summed E-state index contributed by atoms with van der Waals surface area (Å²) >= 11 is 0. The SMILES string of the molecule is CCNCC(C(=O)NOC(C)(C)C)C(C)C. The van der Waals surface area contributed by atoms with Gasteiger partial charge in [0.25, 0.3) is 0 Å². The quantitative estimate of drug-likeness (QED) is 0.683. The lowest BCUT2D eigenvalue weighted by atomic mass is 9.95. The van der Waals surface area contributed by atoms with E-state index in [-0.39, 0.29) is 17.4 Å². The minimum absolute atomic E-state index is 0.0501. The fraction of sp³-hybridized carbons (Fsp3) is 0.917. The number of hydrogen-bond donors (Lipinski definition) is 2. The lowest BCUT2D eigenvalue weighted by Gasteiger charge is -2.24. The summed E-state index contributed by atoms with van der Waals surface area (Å²) in [5.74, 6) is 0.191. The molecule has 0 fully saturated rings. The van der Waals surface area contributed by atoms with Crippen molar-refractivity contribution < 1.29 is 9.63 Å². The van der Waals surface area contributed by atoms with Crippen molar-refractivity contribution in [3.05, 3.63) is 0 Å². The van der Waals surface area contributed by atoms with Crippen molar-refractivity contribution >= 4 is 5.91 Å². The molecule has 4 nitrogen and oxygen atoms in total. The molecule has 0 heterocycles. The lowest BCUT2D eigenvalue weighted by molar-refractivity contribution is -0.150. The highest BCUT2D eigenvalue weighted by molar-refractivity contribution is 5.78. The maximum absolute atomic E-state index is 11.9. The average Bonchev–Trinajstić information content (AvgIpc) is 2.13. The van der Waals surface area contributed by atoms with Gasteiger partial charge in [0, 0.05) is 6.54 Å². The Morgan fingerprint density at radius 3 is 2.25 bits per heavy atom. The van der Waals surface area contributed by atoms with Gasteiger partial charge in [-0.2, -0.15) is 0 Å². The average molecular weight is 230 g/mol. The molecular formula is C12H26N2O2. The van der Waals surface area contributed by atoms with E-state index in [4.69, 9.17) is 4.84 Å². The zero-order chi connectivity index (χ0) is 12.8. The maximum atomic E-state index is 11.9. The predicted molar refractivity (Wildman–Crippen MR) is 65.9 cm³/mol. The van der Waals surface area contributed by atoms with Crippen LogP contribution in [0.25, 0.3) is 0 Å². The first-order valence-electron chi connectivity index (χ1n) is 5.96. The molecule has 1 atom stereocenters. The molecule has 0 saturated carbocycles. The molecule has 1 amide bonds. The molecule has 0 aliphatic heterocycles. The van der Waals surface area contributed by atoms with E-state index in [1.165, 1.54) is 0 Å². The van der Waals surface area contributed by atoms with Crippen LogP contribution in [0.2, 0.25) is 0 Å². The number of nitrogens with one attached hydrogen (secondary N) is 2. The topological polar surface area (TPSA) is 50.4 Å². The van der Waals surface area contributed by atoms with Crippen LogP contribution in [0.5, 0.6) is 0 Å². The summed E-state index contributed by atoms with van der Waals surface area (Å²) in [5.41, 5.74) is 2.18.